The molecule has 0 saturated heterocycles. The smallest absolute Gasteiger partial charge is 0.371 e. The molecule has 1 aromatic rings. The lowest BCUT2D eigenvalue weighted by Gasteiger charge is -2.29. The maximum Gasteiger partial charge on any atom is 0.418 e. The molecule has 108 valence electrons. The third-order valence-electron chi connectivity index (χ3n) is 3.27. The zero-order chi connectivity index (χ0) is 14.6. The molecule has 5 heteroatoms. The van der Waals surface area contributed by atoms with Crippen LogP contribution in [-0.2, 0) is 12.1 Å². The lowest BCUT2D eigenvalue weighted by molar-refractivity contribution is -0.137. The highest BCUT2D eigenvalue weighted by molar-refractivity contribution is 6.17. The molecule has 0 fully saturated rings. The Morgan fingerprint density at radius 1 is 1.32 bits per heavy atom. The van der Waals surface area contributed by atoms with Gasteiger partial charge in [0.2, 0.25) is 0 Å². The van der Waals surface area contributed by atoms with E-state index in [1.165, 1.54) is 6.07 Å². The largest absolute Gasteiger partial charge is 0.418 e. The Kier molecular flexibility index (Phi) is 5.53. The van der Waals surface area contributed by atoms with Crippen molar-refractivity contribution < 1.29 is 13.2 Å². The normalized spacial score (nSPS) is 13.4. The highest BCUT2D eigenvalue weighted by Gasteiger charge is 2.35. The van der Waals surface area contributed by atoms with Crippen molar-refractivity contribution in [2.75, 3.05) is 11.9 Å². The van der Waals surface area contributed by atoms with E-state index in [1.54, 1.807) is 18.0 Å². The van der Waals surface area contributed by atoms with E-state index < -0.39 is 11.7 Å². The van der Waals surface area contributed by atoms with E-state index in [0.29, 0.717) is 5.56 Å². The number of anilines is 1. The molecule has 0 amide bonds. The van der Waals surface area contributed by atoms with E-state index in [-0.39, 0.29) is 17.6 Å². The second-order valence-electron chi connectivity index (χ2n) is 4.73. The Morgan fingerprint density at radius 3 is 2.42 bits per heavy atom. The average molecular weight is 294 g/mol. The predicted octanol–water partition coefficient (Wildman–Crippen LogP) is 5.07. The van der Waals surface area contributed by atoms with Crippen LogP contribution in [0.1, 0.15) is 37.8 Å². The molecule has 1 rings (SSSR count). The number of halogens is 4. The second kappa shape index (κ2) is 6.51. The van der Waals surface area contributed by atoms with Gasteiger partial charge < -0.3 is 4.90 Å². The third-order valence-corrected chi connectivity index (χ3v) is 3.58. The fraction of sp³-hybridized carbons (Fsp3) is 0.571. The standard InChI is InChI=1S/C14H19ClF3N/c1-4-5-10(2)19(3)13-7-6-11(9-15)8-12(13)14(16,17)18/h6-8,10H,4-5,9H2,1-3H3. The molecule has 1 aromatic carbocycles. The monoisotopic (exact) mass is 293 g/mol. The van der Waals surface area contributed by atoms with Gasteiger partial charge in [0.25, 0.3) is 0 Å². The van der Waals surface area contributed by atoms with E-state index >= 15 is 0 Å². The summed E-state index contributed by atoms with van der Waals surface area (Å²) < 4.78 is 39.3. The van der Waals surface area contributed by atoms with Crippen LogP contribution in [0.5, 0.6) is 0 Å². The molecule has 0 aromatic heterocycles. The first kappa shape index (κ1) is 16.2. The van der Waals surface area contributed by atoms with Crippen LogP contribution in [0, 0.1) is 0 Å². The average Bonchev–Trinajstić information content (AvgIpc) is 2.36. The van der Waals surface area contributed by atoms with Gasteiger partial charge in [0.05, 0.1) is 5.56 Å². The van der Waals surface area contributed by atoms with Crippen LogP contribution < -0.4 is 4.90 Å². The van der Waals surface area contributed by atoms with E-state index in [2.05, 4.69) is 0 Å². The molecule has 1 nitrogen and oxygen atoms in total. The van der Waals surface area contributed by atoms with E-state index in [4.69, 9.17) is 11.6 Å². The van der Waals surface area contributed by atoms with Gasteiger partial charge in [0.1, 0.15) is 0 Å². The van der Waals surface area contributed by atoms with Gasteiger partial charge in [-0.25, -0.2) is 0 Å². The minimum absolute atomic E-state index is 0.0629. The lowest BCUT2D eigenvalue weighted by atomic mass is 10.1. The molecule has 0 aliphatic carbocycles. The Morgan fingerprint density at radius 2 is 1.95 bits per heavy atom. The van der Waals surface area contributed by atoms with Crippen molar-refractivity contribution in [3.8, 4) is 0 Å². The van der Waals surface area contributed by atoms with Crippen molar-refractivity contribution in [3.63, 3.8) is 0 Å². The van der Waals surface area contributed by atoms with Gasteiger partial charge in [-0.15, -0.1) is 11.6 Å². The molecule has 0 heterocycles. The molecule has 0 bridgehead atoms. The molecule has 0 aliphatic heterocycles. The number of nitrogens with zero attached hydrogens (tertiary/aromatic N) is 1. The molecule has 1 unspecified atom stereocenters. The molecular formula is C14H19ClF3N. The van der Waals surface area contributed by atoms with Gasteiger partial charge in [0.15, 0.2) is 0 Å². The quantitative estimate of drug-likeness (QED) is 0.685. The van der Waals surface area contributed by atoms with Crippen LogP contribution in [-0.4, -0.2) is 13.1 Å². The SMILES string of the molecule is CCCC(C)N(C)c1ccc(CCl)cc1C(F)(F)F. The Hall–Kier alpha value is -0.900. The number of alkyl halides is 4. The Balaban J connectivity index is 3.19. The Labute approximate surface area is 117 Å². The molecule has 1 atom stereocenters. The van der Waals surface area contributed by atoms with E-state index in [1.807, 2.05) is 13.8 Å². The summed E-state index contributed by atoms with van der Waals surface area (Å²) in [5, 5.41) is 0. The van der Waals surface area contributed by atoms with Crippen LogP contribution in [0.3, 0.4) is 0 Å². The van der Waals surface area contributed by atoms with Gasteiger partial charge >= 0.3 is 6.18 Å². The number of rotatable bonds is 5. The molecule has 0 saturated carbocycles. The van der Waals surface area contributed by atoms with Gasteiger partial charge in [0, 0.05) is 24.7 Å². The Bertz CT molecular complexity index is 418. The van der Waals surface area contributed by atoms with Gasteiger partial charge in [-0.3, -0.25) is 0 Å². The van der Waals surface area contributed by atoms with E-state index in [0.717, 1.165) is 18.9 Å². The summed E-state index contributed by atoms with van der Waals surface area (Å²) in [5.74, 6) is 0.0809. The molecule has 0 spiro atoms. The highest BCUT2D eigenvalue weighted by Crippen LogP contribution is 2.38. The van der Waals surface area contributed by atoms with Crippen molar-refractivity contribution in [1.82, 2.24) is 0 Å². The van der Waals surface area contributed by atoms with Crippen molar-refractivity contribution in [3.05, 3.63) is 29.3 Å². The van der Waals surface area contributed by atoms with Crippen LogP contribution in [0.15, 0.2) is 18.2 Å². The summed E-state index contributed by atoms with van der Waals surface area (Å²) in [4.78, 5) is 1.68. The maximum atomic E-state index is 13.1. The number of hydrogen-bond donors (Lipinski definition) is 0. The molecule has 19 heavy (non-hydrogen) atoms. The molecule has 0 N–H and O–H groups in total. The van der Waals surface area contributed by atoms with Crippen LogP contribution >= 0.6 is 11.6 Å². The van der Waals surface area contributed by atoms with Crippen LogP contribution in [0.25, 0.3) is 0 Å². The highest BCUT2D eigenvalue weighted by atomic mass is 35.5. The van der Waals surface area contributed by atoms with E-state index in [9.17, 15) is 13.2 Å². The van der Waals surface area contributed by atoms with Crippen molar-refractivity contribution in [2.45, 2.75) is 44.8 Å². The first-order chi connectivity index (χ1) is 8.81. The lowest BCUT2D eigenvalue weighted by Crippen LogP contribution is -2.30. The van der Waals surface area contributed by atoms with Crippen molar-refractivity contribution in [1.29, 1.82) is 0 Å². The summed E-state index contributed by atoms with van der Waals surface area (Å²) in [5.41, 5.74) is 0.0766. The van der Waals surface area contributed by atoms with Gasteiger partial charge in [-0.1, -0.05) is 19.4 Å². The zero-order valence-corrected chi connectivity index (χ0v) is 12.1. The zero-order valence-electron chi connectivity index (χ0n) is 11.4. The van der Waals surface area contributed by atoms with Crippen molar-refractivity contribution in [2.24, 2.45) is 0 Å². The van der Waals surface area contributed by atoms with Gasteiger partial charge in [-0.05, 0) is 31.0 Å². The number of hydrogen-bond acceptors (Lipinski definition) is 1. The third kappa shape index (κ3) is 4.03. The van der Waals surface area contributed by atoms with Gasteiger partial charge in [-0.2, -0.15) is 13.2 Å². The minimum Gasteiger partial charge on any atom is -0.371 e. The minimum atomic E-state index is -4.36. The molecule has 0 aliphatic rings. The fourth-order valence-electron chi connectivity index (χ4n) is 2.05. The summed E-state index contributed by atoms with van der Waals surface area (Å²) in [6.07, 6.45) is -2.57. The summed E-state index contributed by atoms with van der Waals surface area (Å²) in [6, 6.07) is 4.35. The first-order valence-electron chi connectivity index (χ1n) is 6.30. The van der Waals surface area contributed by atoms with Crippen molar-refractivity contribution >= 4 is 17.3 Å². The molecular weight excluding hydrogens is 275 g/mol. The predicted molar refractivity (Wildman–Crippen MR) is 73.8 cm³/mol. The topological polar surface area (TPSA) is 3.24 Å². The second-order valence-corrected chi connectivity index (χ2v) is 5.00. The van der Waals surface area contributed by atoms with Crippen LogP contribution in [0.2, 0.25) is 0 Å². The fourth-order valence-corrected chi connectivity index (χ4v) is 2.22. The summed E-state index contributed by atoms with van der Waals surface area (Å²) in [6.45, 7) is 3.95. The number of benzene rings is 1. The summed E-state index contributed by atoms with van der Waals surface area (Å²) >= 11 is 5.61. The van der Waals surface area contributed by atoms with Crippen LogP contribution in [0.4, 0.5) is 18.9 Å². The molecule has 0 radical (unpaired) electrons. The first-order valence-corrected chi connectivity index (χ1v) is 6.83. The summed E-state index contributed by atoms with van der Waals surface area (Å²) in [7, 11) is 1.70. The maximum absolute atomic E-state index is 13.1.